The lowest BCUT2D eigenvalue weighted by Crippen LogP contribution is -2.37. The summed E-state index contributed by atoms with van der Waals surface area (Å²) in [5.41, 5.74) is 0. The highest BCUT2D eigenvalue weighted by Gasteiger charge is 2.16. The molecule has 0 saturated carbocycles. The van der Waals surface area contributed by atoms with Crippen LogP contribution in [0, 0.1) is 0 Å². The Kier molecular flexibility index (Phi) is 2.94. The zero-order chi connectivity index (χ0) is 6.69. The molecule has 0 aromatic heterocycles. The van der Waals surface area contributed by atoms with Crippen molar-refractivity contribution in [2.45, 2.75) is 6.04 Å². The third-order valence-corrected chi connectivity index (χ3v) is 2.57. The van der Waals surface area contributed by atoms with Crippen molar-refractivity contribution in [1.82, 2.24) is 3.11 Å². The fraction of sp³-hybridized carbons (Fsp3) is 0.667. The number of morpholine rings is 1. The Balaban J connectivity index is 2.38. The Morgan fingerprint density at radius 3 is 3.00 bits per heavy atom. The first-order chi connectivity index (χ1) is 4.34. The molecule has 0 radical (unpaired) electrons. The van der Waals surface area contributed by atoms with Gasteiger partial charge in [0.1, 0.15) is 0 Å². The van der Waals surface area contributed by atoms with Gasteiger partial charge >= 0.3 is 0 Å². The van der Waals surface area contributed by atoms with E-state index in [-0.39, 0.29) is 0 Å². The normalized spacial score (nSPS) is 30.1. The van der Waals surface area contributed by atoms with Crippen molar-refractivity contribution in [3.63, 3.8) is 0 Å². The van der Waals surface area contributed by atoms with Crippen LogP contribution in [-0.4, -0.2) is 28.9 Å². The van der Waals surface area contributed by atoms with E-state index in [1.807, 2.05) is 6.08 Å². The third kappa shape index (κ3) is 1.91. The molecule has 0 unspecified atom stereocenters. The maximum Gasteiger partial charge on any atom is 0.0665 e. The van der Waals surface area contributed by atoms with Gasteiger partial charge in [-0.1, -0.05) is 6.08 Å². The molecule has 0 aromatic carbocycles. The minimum atomic E-state index is 0.416. The number of rotatable bonds is 1. The summed E-state index contributed by atoms with van der Waals surface area (Å²) in [4.78, 5) is 0. The second-order valence-electron chi connectivity index (χ2n) is 2.00. The van der Waals surface area contributed by atoms with Crippen molar-refractivity contribution < 1.29 is 4.74 Å². The van der Waals surface area contributed by atoms with Crippen LogP contribution in [0.3, 0.4) is 0 Å². The summed E-state index contributed by atoms with van der Waals surface area (Å²) in [6.45, 7) is 6.37. The fourth-order valence-corrected chi connectivity index (χ4v) is 1.37. The largest absolute Gasteiger partial charge is 0.378 e. The molecule has 0 aliphatic carbocycles. The first-order valence-electron chi connectivity index (χ1n) is 2.97. The highest BCUT2D eigenvalue weighted by molar-refractivity contribution is 14.1. The topological polar surface area (TPSA) is 12.5 Å². The van der Waals surface area contributed by atoms with E-state index in [4.69, 9.17) is 4.74 Å². The predicted octanol–water partition coefficient (Wildman–Crippen LogP) is 1.22. The van der Waals surface area contributed by atoms with Crippen LogP contribution >= 0.6 is 22.9 Å². The molecule has 9 heavy (non-hydrogen) atoms. The molecule has 1 aliphatic heterocycles. The molecule has 0 spiro atoms. The molecule has 0 amide bonds. The van der Waals surface area contributed by atoms with E-state index < -0.39 is 0 Å². The summed E-state index contributed by atoms with van der Waals surface area (Å²) in [6.07, 6.45) is 1.92. The Bertz CT molecular complexity index is 107. The predicted molar refractivity (Wildman–Crippen MR) is 45.5 cm³/mol. The van der Waals surface area contributed by atoms with E-state index in [1.165, 1.54) is 0 Å². The first kappa shape index (κ1) is 7.50. The van der Waals surface area contributed by atoms with Crippen molar-refractivity contribution in [1.29, 1.82) is 0 Å². The molecule has 1 saturated heterocycles. The highest BCUT2D eigenvalue weighted by atomic mass is 127. The summed E-state index contributed by atoms with van der Waals surface area (Å²) in [5.74, 6) is 0. The molecule has 1 atom stereocenters. The lowest BCUT2D eigenvalue weighted by atomic mass is 10.3. The minimum absolute atomic E-state index is 0.416. The number of hydrogen-bond acceptors (Lipinski definition) is 2. The zero-order valence-electron chi connectivity index (χ0n) is 5.22. The Morgan fingerprint density at radius 1 is 1.78 bits per heavy atom. The molecule has 3 heteroatoms. The van der Waals surface area contributed by atoms with Gasteiger partial charge in [0.15, 0.2) is 0 Å². The number of hydrogen-bond donors (Lipinski definition) is 0. The van der Waals surface area contributed by atoms with Gasteiger partial charge in [0.2, 0.25) is 0 Å². The van der Waals surface area contributed by atoms with Crippen LogP contribution in [0.15, 0.2) is 12.7 Å². The maximum atomic E-state index is 5.23. The molecule has 1 fully saturated rings. The number of nitrogens with zero attached hydrogens (tertiary/aromatic N) is 1. The second-order valence-corrected chi connectivity index (χ2v) is 3.24. The number of ether oxygens (including phenoxy) is 1. The summed E-state index contributed by atoms with van der Waals surface area (Å²) in [5, 5.41) is 0. The van der Waals surface area contributed by atoms with Crippen molar-refractivity contribution in [3.8, 4) is 0 Å². The van der Waals surface area contributed by atoms with Crippen LogP contribution in [0.1, 0.15) is 0 Å². The molecule has 0 N–H and O–H groups in total. The molecule has 0 aromatic rings. The van der Waals surface area contributed by atoms with Crippen LogP contribution in [0.2, 0.25) is 0 Å². The molecule has 2 nitrogen and oxygen atoms in total. The van der Waals surface area contributed by atoms with Gasteiger partial charge in [0.05, 0.1) is 19.3 Å². The smallest absolute Gasteiger partial charge is 0.0665 e. The lowest BCUT2D eigenvalue weighted by Gasteiger charge is -2.27. The Labute approximate surface area is 69.4 Å². The van der Waals surface area contributed by atoms with Crippen LogP contribution in [-0.2, 0) is 4.74 Å². The van der Waals surface area contributed by atoms with Gasteiger partial charge in [0.25, 0.3) is 0 Å². The standard InChI is InChI=1S/C6H10INO/c1-2-6-5-9-4-3-8(6)7/h2,6H,1,3-5H2/t6-/m1/s1. The van der Waals surface area contributed by atoms with Crippen LogP contribution in [0.25, 0.3) is 0 Å². The van der Waals surface area contributed by atoms with E-state index in [0.717, 1.165) is 19.8 Å². The van der Waals surface area contributed by atoms with E-state index in [1.54, 1.807) is 0 Å². The summed E-state index contributed by atoms with van der Waals surface area (Å²) >= 11 is 2.30. The maximum absolute atomic E-state index is 5.23. The molecule has 1 heterocycles. The van der Waals surface area contributed by atoms with E-state index in [2.05, 4.69) is 32.6 Å². The van der Waals surface area contributed by atoms with E-state index in [9.17, 15) is 0 Å². The number of halogens is 1. The fourth-order valence-electron chi connectivity index (χ4n) is 0.785. The SMILES string of the molecule is C=C[C@@H]1COCCN1I. The first-order valence-corrected chi connectivity index (χ1v) is 3.94. The van der Waals surface area contributed by atoms with Crippen molar-refractivity contribution in [3.05, 3.63) is 12.7 Å². The molecular weight excluding hydrogens is 229 g/mol. The summed E-state index contributed by atoms with van der Waals surface area (Å²) < 4.78 is 7.44. The van der Waals surface area contributed by atoms with E-state index >= 15 is 0 Å². The van der Waals surface area contributed by atoms with Gasteiger partial charge in [-0.2, -0.15) is 0 Å². The Hall–Kier alpha value is 0.390. The van der Waals surface area contributed by atoms with Gasteiger partial charge < -0.3 is 4.74 Å². The molecule has 1 rings (SSSR count). The monoisotopic (exact) mass is 239 g/mol. The zero-order valence-corrected chi connectivity index (χ0v) is 7.37. The van der Waals surface area contributed by atoms with Crippen LogP contribution < -0.4 is 0 Å². The van der Waals surface area contributed by atoms with Crippen molar-refractivity contribution >= 4 is 22.9 Å². The average molecular weight is 239 g/mol. The molecule has 1 aliphatic rings. The lowest BCUT2D eigenvalue weighted by molar-refractivity contribution is 0.0607. The van der Waals surface area contributed by atoms with Gasteiger partial charge in [-0.3, -0.25) is 0 Å². The summed E-state index contributed by atoms with van der Waals surface area (Å²) in [6, 6.07) is 0.416. The van der Waals surface area contributed by atoms with Crippen molar-refractivity contribution in [2.24, 2.45) is 0 Å². The highest BCUT2D eigenvalue weighted by Crippen LogP contribution is 2.11. The van der Waals surface area contributed by atoms with Gasteiger partial charge in [-0.25, -0.2) is 3.11 Å². The quantitative estimate of drug-likeness (QED) is 0.387. The van der Waals surface area contributed by atoms with E-state index in [0.29, 0.717) is 6.04 Å². The Morgan fingerprint density at radius 2 is 2.56 bits per heavy atom. The van der Waals surface area contributed by atoms with Gasteiger partial charge in [-0.05, 0) is 0 Å². The van der Waals surface area contributed by atoms with Crippen molar-refractivity contribution in [2.75, 3.05) is 19.8 Å². The molecular formula is C6H10INO. The second kappa shape index (κ2) is 3.53. The van der Waals surface area contributed by atoms with Gasteiger partial charge in [-0.15, -0.1) is 6.58 Å². The van der Waals surface area contributed by atoms with Crippen LogP contribution in [0.5, 0.6) is 0 Å². The minimum Gasteiger partial charge on any atom is -0.378 e. The molecule has 0 bridgehead atoms. The van der Waals surface area contributed by atoms with Gasteiger partial charge in [0, 0.05) is 29.4 Å². The van der Waals surface area contributed by atoms with Crippen LogP contribution in [0.4, 0.5) is 0 Å². The summed E-state index contributed by atoms with van der Waals surface area (Å²) in [7, 11) is 0. The third-order valence-electron chi connectivity index (χ3n) is 1.37. The average Bonchev–Trinajstić information content (AvgIpc) is 1.89. The molecule has 52 valence electrons.